The monoisotopic (exact) mass is 349 g/mol. The van der Waals surface area contributed by atoms with Gasteiger partial charge in [-0.1, -0.05) is 6.07 Å². The van der Waals surface area contributed by atoms with E-state index in [1.807, 2.05) is 24.3 Å². The Morgan fingerprint density at radius 1 is 1.05 bits per heavy atom. The molecule has 0 spiro atoms. The molecule has 112 valence electrons. The molecule has 0 amide bonds. The highest BCUT2D eigenvalue weighted by Gasteiger charge is 2.10. The molecule has 1 N–H and O–H groups in total. The van der Waals surface area contributed by atoms with Crippen LogP contribution in [0.25, 0.3) is 0 Å². The van der Waals surface area contributed by atoms with Gasteiger partial charge in [-0.25, -0.2) is 0 Å². The number of aryl methyl sites for hydroxylation is 1. The Labute approximate surface area is 134 Å². The summed E-state index contributed by atoms with van der Waals surface area (Å²) >= 11 is 3.53. The molecule has 2 aromatic carbocycles. The first kappa shape index (κ1) is 15.7. The number of anilines is 1. The molecule has 0 fully saturated rings. The highest BCUT2D eigenvalue weighted by Crippen LogP contribution is 2.30. The van der Waals surface area contributed by atoms with E-state index in [2.05, 4.69) is 47.2 Å². The SMILES string of the molecule is COc1ccc(NC(C)c2ccc(OC)c(Br)c2)c(C)c1. The lowest BCUT2D eigenvalue weighted by Crippen LogP contribution is -2.08. The predicted octanol–water partition coefficient (Wildman–Crippen LogP) is 4.95. The summed E-state index contributed by atoms with van der Waals surface area (Å²) in [5.74, 6) is 1.71. The van der Waals surface area contributed by atoms with E-state index in [-0.39, 0.29) is 6.04 Å². The van der Waals surface area contributed by atoms with Crippen LogP contribution in [-0.2, 0) is 0 Å². The zero-order valence-electron chi connectivity index (χ0n) is 12.7. The van der Waals surface area contributed by atoms with Gasteiger partial charge in [0.1, 0.15) is 11.5 Å². The molecule has 0 aliphatic carbocycles. The van der Waals surface area contributed by atoms with E-state index < -0.39 is 0 Å². The van der Waals surface area contributed by atoms with Crippen LogP contribution in [0.3, 0.4) is 0 Å². The predicted molar refractivity (Wildman–Crippen MR) is 90.5 cm³/mol. The number of ether oxygens (including phenoxy) is 2. The third kappa shape index (κ3) is 3.70. The van der Waals surface area contributed by atoms with Gasteiger partial charge in [0.05, 0.1) is 18.7 Å². The second-order valence-electron chi connectivity index (χ2n) is 4.94. The summed E-state index contributed by atoms with van der Waals surface area (Å²) in [6, 6.07) is 12.3. The Morgan fingerprint density at radius 3 is 2.38 bits per heavy atom. The number of nitrogens with one attached hydrogen (secondary N) is 1. The number of hydrogen-bond donors (Lipinski definition) is 1. The number of methoxy groups -OCH3 is 2. The summed E-state index contributed by atoms with van der Waals surface area (Å²) in [7, 11) is 3.35. The molecule has 2 rings (SSSR count). The van der Waals surface area contributed by atoms with Crippen molar-refractivity contribution in [2.24, 2.45) is 0 Å². The van der Waals surface area contributed by atoms with E-state index in [1.165, 1.54) is 5.56 Å². The molecule has 3 nitrogen and oxygen atoms in total. The second kappa shape index (κ2) is 6.85. The molecule has 0 saturated heterocycles. The molecule has 0 heterocycles. The first-order valence-electron chi connectivity index (χ1n) is 6.79. The third-order valence-electron chi connectivity index (χ3n) is 3.48. The third-order valence-corrected chi connectivity index (χ3v) is 4.10. The molecule has 0 aliphatic heterocycles. The van der Waals surface area contributed by atoms with Crippen molar-refractivity contribution in [1.29, 1.82) is 0 Å². The van der Waals surface area contributed by atoms with Crippen molar-refractivity contribution in [3.05, 3.63) is 52.0 Å². The smallest absolute Gasteiger partial charge is 0.133 e. The molecule has 21 heavy (non-hydrogen) atoms. The lowest BCUT2D eigenvalue weighted by molar-refractivity contribution is 0.412. The van der Waals surface area contributed by atoms with Crippen molar-refractivity contribution in [3.63, 3.8) is 0 Å². The quantitative estimate of drug-likeness (QED) is 0.828. The lowest BCUT2D eigenvalue weighted by atomic mass is 10.1. The highest BCUT2D eigenvalue weighted by molar-refractivity contribution is 9.10. The van der Waals surface area contributed by atoms with Crippen LogP contribution in [0.4, 0.5) is 5.69 Å². The van der Waals surface area contributed by atoms with Crippen LogP contribution < -0.4 is 14.8 Å². The summed E-state index contributed by atoms with van der Waals surface area (Å²) in [5, 5.41) is 3.53. The van der Waals surface area contributed by atoms with Crippen LogP contribution in [0.1, 0.15) is 24.1 Å². The van der Waals surface area contributed by atoms with Gasteiger partial charge in [0, 0.05) is 11.7 Å². The molecule has 0 aliphatic rings. The van der Waals surface area contributed by atoms with Crippen LogP contribution in [0.2, 0.25) is 0 Å². The van der Waals surface area contributed by atoms with Crippen molar-refractivity contribution in [2.45, 2.75) is 19.9 Å². The normalized spacial score (nSPS) is 11.9. The van der Waals surface area contributed by atoms with Crippen LogP contribution in [0, 0.1) is 6.92 Å². The van der Waals surface area contributed by atoms with Gasteiger partial charge < -0.3 is 14.8 Å². The van der Waals surface area contributed by atoms with Gasteiger partial charge in [-0.2, -0.15) is 0 Å². The fraction of sp³-hybridized carbons (Fsp3) is 0.294. The first-order chi connectivity index (χ1) is 10.0. The van der Waals surface area contributed by atoms with E-state index in [1.54, 1.807) is 14.2 Å². The zero-order chi connectivity index (χ0) is 15.4. The molecule has 0 bridgehead atoms. The van der Waals surface area contributed by atoms with Gasteiger partial charge in [-0.05, 0) is 71.2 Å². The minimum atomic E-state index is 0.194. The van der Waals surface area contributed by atoms with E-state index >= 15 is 0 Å². The van der Waals surface area contributed by atoms with E-state index in [4.69, 9.17) is 9.47 Å². The first-order valence-corrected chi connectivity index (χ1v) is 7.59. The summed E-state index contributed by atoms with van der Waals surface area (Å²) in [6.45, 7) is 4.21. The van der Waals surface area contributed by atoms with Gasteiger partial charge in [0.25, 0.3) is 0 Å². The molecule has 0 aromatic heterocycles. The number of rotatable bonds is 5. The van der Waals surface area contributed by atoms with Crippen molar-refractivity contribution in [1.82, 2.24) is 0 Å². The molecule has 1 unspecified atom stereocenters. The summed E-state index contributed by atoms with van der Waals surface area (Å²) in [5.41, 5.74) is 3.46. The van der Waals surface area contributed by atoms with Crippen LogP contribution >= 0.6 is 15.9 Å². The Balaban J connectivity index is 2.17. The topological polar surface area (TPSA) is 30.5 Å². The highest BCUT2D eigenvalue weighted by atomic mass is 79.9. The van der Waals surface area contributed by atoms with Gasteiger partial charge in [0.2, 0.25) is 0 Å². The Hall–Kier alpha value is -1.68. The minimum absolute atomic E-state index is 0.194. The molecular formula is C17H20BrNO2. The van der Waals surface area contributed by atoms with Crippen molar-refractivity contribution < 1.29 is 9.47 Å². The maximum atomic E-state index is 5.26. The van der Waals surface area contributed by atoms with E-state index in [0.29, 0.717) is 0 Å². The van der Waals surface area contributed by atoms with Gasteiger partial charge in [0.15, 0.2) is 0 Å². The Morgan fingerprint density at radius 2 is 1.81 bits per heavy atom. The average Bonchev–Trinajstić information content (AvgIpc) is 2.49. The molecule has 0 saturated carbocycles. The van der Waals surface area contributed by atoms with E-state index in [0.717, 1.165) is 27.2 Å². The Bertz CT molecular complexity index is 628. The minimum Gasteiger partial charge on any atom is -0.497 e. The van der Waals surface area contributed by atoms with Crippen molar-refractivity contribution in [3.8, 4) is 11.5 Å². The van der Waals surface area contributed by atoms with Crippen LogP contribution in [0.15, 0.2) is 40.9 Å². The lowest BCUT2D eigenvalue weighted by Gasteiger charge is -2.19. The maximum Gasteiger partial charge on any atom is 0.133 e. The Kier molecular flexibility index (Phi) is 5.12. The van der Waals surface area contributed by atoms with Gasteiger partial charge in [-0.15, -0.1) is 0 Å². The summed E-state index contributed by atoms with van der Waals surface area (Å²) < 4.78 is 11.5. The molecule has 0 radical (unpaired) electrons. The fourth-order valence-electron chi connectivity index (χ4n) is 2.19. The number of benzene rings is 2. The number of halogens is 1. The van der Waals surface area contributed by atoms with Crippen LogP contribution in [0.5, 0.6) is 11.5 Å². The van der Waals surface area contributed by atoms with Crippen LogP contribution in [-0.4, -0.2) is 14.2 Å². The van der Waals surface area contributed by atoms with Gasteiger partial charge in [-0.3, -0.25) is 0 Å². The molecule has 2 aromatic rings. The fourth-order valence-corrected chi connectivity index (χ4v) is 2.75. The largest absolute Gasteiger partial charge is 0.497 e. The number of hydrogen-bond acceptors (Lipinski definition) is 3. The molecule has 1 atom stereocenters. The zero-order valence-corrected chi connectivity index (χ0v) is 14.3. The van der Waals surface area contributed by atoms with Crippen molar-refractivity contribution >= 4 is 21.6 Å². The standard InChI is InChI=1S/C17H20BrNO2/c1-11-9-14(20-3)6-7-16(11)19-12(2)13-5-8-17(21-4)15(18)10-13/h5-10,12,19H,1-4H3. The summed E-state index contributed by atoms with van der Waals surface area (Å²) in [6.07, 6.45) is 0. The molecular weight excluding hydrogens is 330 g/mol. The maximum absolute atomic E-state index is 5.26. The molecule has 4 heteroatoms. The average molecular weight is 350 g/mol. The van der Waals surface area contributed by atoms with E-state index in [9.17, 15) is 0 Å². The second-order valence-corrected chi connectivity index (χ2v) is 5.80. The van der Waals surface area contributed by atoms with Gasteiger partial charge >= 0.3 is 0 Å². The van der Waals surface area contributed by atoms with Crippen molar-refractivity contribution in [2.75, 3.05) is 19.5 Å². The summed E-state index contributed by atoms with van der Waals surface area (Å²) in [4.78, 5) is 0.